The van der Waals surface area contributed by atoms with Crippen molar-refractivity contribution in [3.8, 4) is 0 Å². The topological polar surface area (TPSA) is 58.2 Å². The van der Waals surface area contributed by atoms with Crippen molar-refractivity contribution in [1.82, 2.24) is 0 Å². The van der Waals surface area contributed by atoms with E-state index in [0.717, 1.165) is 18.2 Å². The lowest BCUT2D eigenvalue weighted by atomic mass is 10.2. The molecule has 9 heteroatoms. The molecule has 0 radical (unpaired) electrons. The number of amides is 2. The summed E-state index contributed by atoms with van der Waals surface area (Å²) in [5, 5.41) is 4.32. The smallest absolute Gasteiger partial charge is 0.228 e. The molecule has 1 aliphatic rings. The second-order valence-corrected chi connectivity index (χ2v) is 5.77. The van der Waals surface area contributed by atoms with E-state index in [0.29, 0.717) is 12.1 Å². The number of hydrogen-bond donors (Lipinski definition) is 2. The van der Waals surface area contributed by atoms with Crippen molar-refractivity contribution in [2.24, 2.45) is 11.8 Å². The Hall–Kier alpha value is -2.97. The maximum atomic E-state index is 13.5. The zero-order valence-corrected chi connectivity index (χ0v) is 13.0. The normalized spacial score (nSPS) is 18.3. The van der Waals surface area contributed by atoms with Gasteiger partial charge in [-0.1, -0.05) is 0 Å². The Balaban J connectivity index is 1.62. The standard InChI is InChI=1S/C17H11F5N2O2/c18-7-1-3-12(11(20)5-7)23-16(25)8-6-9(8)17(26)24-13-4-2-10(19)14(21)15(13)22/h1-5,8-9H,6H2,(H,23,25)(H,24,26). The highest BCUT2D eigenvalue weighted by Gasteiger charge is 2.48. The number of carbonyl (C=O) groups excluding carboxylic acids is 2. The van der Waals surface area contributed by atoms with Gasteiger partial charge >= 0.3 is 0 Å². The molecule has 2 N–H and O–H groups in total. The number of nitrogens with one attached hydrogen (secondary N) is 2. The quantitative estimate of drug-likeness (QED) is 0.638. The predicted octanol–water partition coefficient (Wildman–Crippen LogP) is 3.60. The monoisotopic (exact) mass is 370 g/mol. The zero-order valence-electron chi connectivity index (χ0n) is 13.0. The van der Waals surface area contributed by atoms with Crippen LogP contribution in [0.5, 0.6) is 0 Å². The Morgan fingerprint density at radius 3 is 1.96 bits per heavy atom. The van der Waals surface area contributed by atoms with E-state index < -0.39 is 58.4 Å². The molecule has 2 aromatic rings. The summed E-state index contributed by atoms with van der Waals surface area (Å²) in [6, 6.07) is 4.11. The van der Waals surface area contributed by atoms with E-state index in [9.17, 15) is 31.5 Å². The van der Waals surface area contributed by atoms with Crippen LogP contribution in [0.3, 0.4) is 0 Å². The van der Waals surface area contributed by atoms with Gasteiger partial charge in [0, 0.05) is 6.07 Å². The Morgan fingerprint density at radius 2 is 1.35 bits per heavy atom. The van der Waals surface area contributed by atoms with Gasteiger partial charge in [0.15, 0.2) is 17.5 Å². The molecule has 136 valence electrons. The highest BCUT2D eigenvalue weighted by Crippen LogP contribution is 2.40. The number of hydrogen-bond acceptors (Lipinski definition) is 2. The van der Waals surface area contributed by atoms with Gasteiger partial charge in [0.25, 0.3) is 0 Å². The van der Waals surface area contributed by atoms with Crippen LogP contribution in [0.15, 0.2) is 30.3 Å². The van der Waals surface area contributed by atoms with Crippen molar-refractivity contribution >= 4 is 23.2 Å². The summed E-state index contributed by atoms with van der Waals surface area (Å²) in [4.78, 5) is 24.0. The molecule has 1 aliphatic carbocycles. The highest BCUT2D eigenvalue weighted by molar-refractivity contribution is 6.03. The van der Waals surface area contributed by atoms with Crippen LogP contribution in [0, 0.1) is 40.9 Å². The van der Waals surface area contributed by atoms with Crippen molar-refractivity contribution < 1.29 is 31.5 Å². The van der Waals surface area contributed by atoms with Gasteiger partial charge in [-0.05, 0) is 30.7 Å². The van der Waals surface area contributed by atoms with E-state index in [2.05, 4.69) is 10.6 Å². The predicted molar refractivity (Wildman–Crippen MR) is 81.5 cm³/mol. The summed E-state index contributed by atoms with van der Waals surface area (Å²) < 4.78 is 65.9. The lowest BCUT2D eigenvalue weighted by molar-refractivity contribution is -0.122. The minimum absolute atomic E-state index is 0.117. The molecule has 0 spiro atoms. The third kappa shape index (κ3) is 3.51. The SMILES string of the molecule is O=C(Nc1ccc(F)cc1F)C1CC1C(=O)Nc1ccc(F)c(F)c1F. The maximum Gasteiger partial charge on any atom is 0.228 e. The minimum Gasteiger partial charge on any atom is -0.323 e. The Kier molecular flexibility index (Phi) is 4.62. The second-order valence-electron chi connectivity index (χ2n) is 5.77. The summed E-state index contributed by atoms with van der Waals surface area (Å²) in [5.74, 6) is -9.49. The number of benzene rings is 2. The van der Waals surface area contributed by atoms with Crippen molar-refractivity contribution in [3.05, 3.63) is 59.4 Å². The van der Waals surface area contributed by atoms with E-state index in [-0.39, 0.29) is 12.1 Å². The first-order valence-electron chi connectivity index (χ1n) is 7.48. The van der Waals surface area contributed by atoms with E-state index >= 15 is 0 Å². The van der Waals surface area contributed by atoms with Gasteiger partial charge < -0.3 is 10.6 Å². The van der Waals surface area contributed by atoms with Crippen molar-refractivity contribution in [2.45, 2.75) is 6.42 Å². The third-order valence-electron chi connectivity index (χ3n) is 3.95. The third-order valence-corrected chi connectivity index (χ3v) is 3.95. The molecule has 1 fully saturated rings. The van der Waals surface area contributed by atoms with Gasteiger partial charge in [-0.25, -0.2) is 22.0 Å². The molecule has 26 heavy (non-hydrogen) atoms. The summed E-state index contributed by atoms with van der Waals surface area (Å²) in [7, 11) is 0. The molecule has 3 rings (SSSR count). The zero-order chi connectivity index (χ0) is 19.0. The largest absolute Gasteiger partial charge is 0.323 e. The average molecular weight is 370 g/mol. The number of halogens is 5. The summed E-state index contributed by atoms with van der Waals surface area (Å²) in [6.07, 6.45) is 0.117. The van der Waals surface area contributed by atoms with Crippen LogP contribution in [-0.2, 0) is 9.59 Å². The van der Waals surface area contributed by atoms with Gasteiger partial charge in [0.05, 0.1) is 23.2 Å². The number of anilines is 2. The van der Waals surface area contributed by atoms with E-state index in [1.54, 1.807) is 0 Å². The van der Waals surface area contributed by atoms with Gasteiger partial charge in [0.2, 0.25) is 11.8 Å². The maximum absolute atomic E-state index is 13.5. The number of carbonyl (C=O) groups is 2. The van der Waals surface area contributed by atoms with Gasteiger partial charge in [-0.3, -0.25) is 9.59 Å². The molecule has 0 aliphatic heterocycles. The van der Waals surface area contributed by atoms with Crippen LogP contribution in [-0.4, -0.2) is 11.8 Å². The lowest BCUT2D eigenvalue weighted by Crippen LogP contribution is -2.21. The fourth-order valence-corrected chi connectivity index (χ4v) is 2.44. The molecule has 2 aromatic carbocycles. The summed E-state index contributed by atoms with van der Waals surface area (Å²) in [5.41, 5.74) is -0.793. The van der Waals surface area contributed by atoms with Crippen LogP contribution in [0.25, 0.3) is 0 Å². The van der Waals surface area contributed by atoms with Crippen molar-refractivity contribution in [1.29, 1.82) is 0 Å². The Bertz CT molecular complexity index is 903. The molecular formula is C17H11F5N2O2. The van der Waals surface area contributed by atoms with E-state index in [4.69, 9.17) is 0 Å². The first kappa shape index (κ1) is 17.8. The molecule has 1 saturated carbocycles. The minimum atomic E-state index is -1.72. The van der Waals surface area contributed by atoms with Crippen LogP contribution in [0.1, 0.15) is 6.42 Å². The molecule has 0 aromatic heterocycles. The summed E-state index contributed by atoms with van der Waals surface area (Å²) in [6.45, 7) is 0. The molecule has 2 atom stereocenters. The Morgan fingerprint density at radius 1 is 0.769 bits per heavy atom. The molecule has 4 nitrogen and oxygen atoms in total. The molecular weight excluding hydrogens is 359 g/mol. The average Bonchev–Trinajstić information content (AvgIpc) is 3.39. The summed E-state index contributed by atoms with van der Waals surface area (Å²) >= 11 is 0. The molecule has 2 unspecified atom stereocenters. The highest BCUT2D eigenvalue weighted by atomic mass is 19.2. The van der Waals surface area contributed by atoms with Gasteiger partial charge in [0.1, 0.15) is 11.6 Å². The number of rotatable bonds is 4. The first-order valence-corrected chi connectivity index (χ1v) is 7.48. The first-order chi connectivity index (χ1) is 12.3. The molecule has 0 saturated heterocycles. The van der Waals surface area contributed by atoms with E-state index in [1.807, 2.05) is 0 Å². The van der Waals surface area contributed by atoms with Crippen LogP contribution < -0.4 is 10.6 Å². The second kappa shape index (κ2) is 6.74. The molecule has 2 amide bonds. The fraction of sp³-hybridized carbons (Fsp3) is 0.176. The van der Waals surface area contributed by atoms with Crippen LogP contribution in [0.2, 0.25) is 0 Å². The van der Waals surface area contributed by atoms with Crippen molar-refractivity contribution in [3.63, 3.8) is 0 Å². The van der Waals surface area contributed by atoms with E-state index in [1.165, 1.54) is 0 Å². The molecule has 0 bridgehead atoms. The molecule has 0 heterocycles. The van der Waals surface area contributed by atoms with Crippen molar-refractivity contribution in [2.75, 3.05) is 10.6 Å². The van der Waals surface area contributed by atoms with Gasteiger partial charge in [-0.15, -0.1) is 0 Å². The lowest BCUT2D eigenvalue weighted by Gasteiger charge is -2.08. The van der Waals surface area contributed by atoms with Crippen LogP contribution in [0.4, 0.5) is 33.3 Å². The van der Waals surface area contributed by atoms with Crippen LogP contribution >= 0.6 is 0 Å². The van der Waals surface area contributed by atoms with Gasteiger partial charge in [-0.2, -0.15) is 0 Å². The fourth-order valence-electron chi connectivity index (χ4n) is 2.44. The Labute approximate surface area is 144 Å².